The average molecular weight is 263 g/mol. The molecule has 0 saturated carbocycles. The highest BCUT2D eigenvalue weighted by Gasteiger charge is 2.35. The van der Waals surface area contributed by atoms with Crippen LogP contribution in [0.25, 0.3) is 0 Å². The second-order valence-corrected chi connectivity index (χ2v) is 5.36. The average Bonchev–Trinajstić information content (AvgIpc) is 2.35. The lowest BCUT2D eigenvalue weighted by Crippen LogP contribution is -2.49. The minimum atomic E-state index is -0.973. The van der Waals surface area contributed by atoms with Gasteiger partial charge in [-0.15, -0.1) is 0 Å². The Hall–Kier alpha value is -1.40. The maximum Gasteiger partial charge on any atom is 0.332 e. The van der Waals surface area contributed by atoms with E-state index < -0.39 is 11.2 Å². The third-order valence-electron chi connectivity index (χ3n) is 3.21. The van der Waals surface area contributed by atoms with E-state index in [9.17, 15) is 9.90 Å². The molecule has 0 aliphatic heterocycles. The van der Waals surface area contributed by atoms with E-state index in [0.29, 0.717) is 5.69 Å². The highest BCUT2D eigenvalue weighted by Crippen LogP contribution is 2.24. The van der Waals surface area contributed by atoms with Crippen molar-refractivity contribution in [3.8, 4) is 0 Å². The van der Waals surface area contributed by atoms with E-state index in [-0.39, 0.29) is 5.91 Å². The first kappa shape index (κ1) is 15.7. The van der Waals surface area contributed by atoms with Crippen LogP contribution in [0.5, 0.6) is 0 Å². The zero-order valence-electron chi connectivity index (χ0n) is 12.0. The number of nitrogens with one attached hydrogen (secondary N) is 1. The minimum Gasteiger partial charge on any atom is -0.427 e. The molecule has 0 spiro atoms. The fraction of sp³-hybridized carbons (Fsp3) is 0.538. The first-order chi connectivity index (χ1) is 8.67. The Kier molecular flexibility index (Phi) is 4.71. The van der Waals surface area contributed by atoms with E-state index in [1.165, 1.54) is 7.48 Å². The van der Waals surface area contributed by atoms with E-state index in [1.807, 2.05) is 0 Å². The van der Waals surface area contributed by atoms with Crippen molar-refractivity contribution < 1.29 is 14.6 Å². The summed E-state index contributed by atoms with van der Waals surface area (Å²) in [5.74, 6) is -0.232. The molecule has 0 bridgehead atoms. The third-order valence-corrected chi connectivity index (χ3v) is 3.21. The van der Waals surface area contributed by atoms with Crippen LogP contribution < -0.4 is 10.8 Å². The van der Waals surface area contributed by atoms with Crippen molar-refractivity contribution in [1.29, 1.82) is 0 Å². The van der Waals surface area contributed by atoms with Crippen molar-refractivity contribution in [3.05, 3.63) is 24.0 Å². The summed E-state index contributed by atoms with van der Waals surface area (Å²) >= 11 is 0. The summed E-state index contributed by atoms with van der Waals surface area (Å²) in [6, 6.07) is 3.35. The number of aromatic nitrogens is 1. The van der Waals surface area contributed by atoms with Crippen LogP contribution in [0.1, 0.15) is 38.2 Å². The highest BCUT2D eigenvalue weighted by atomic mass is 16.5. The number of pyridine rings is 1. The molecule has 1 radical (unpaired) electrons. The van der Waals surface area contributed by atoms with Crippen LogP contribution in [0.4, 0.5) is 0 Å². The van der Waals surface area contributed by atoms with Crippen molar-refractivity contribution in [1.82, 2.24) is 10.3 Å². The van der Waals surface area contributed by atoms with Crippen molar-refractivity contribution in [2.24, 2.45) is 0 Å². The number of carbonyl (C=O) groups excluding carboxylic acids is 1. The number of aliphatic hydroxyl groups is 1. The molecule has 0 atom stereocenters. The Labute approximate surface area is 114 Å². The monoisotopic (exact) mass is 263 g/mol. The lowest BCUT2D eigenvalue weighted by Gasteiger charge is -2.37. The van der Waals surface area contributed by atoms with E-state index in [1.54, 1.807) is 53.1 Å². The fourth-order valence-corrected chi connectivity index (χ4v) is 1.10. The summed E-state index contributed by atoms with van der Waals surface area (Å²) in [7, 11) is 3.08. The first-order valence-corrected chi connectivity index (χ1v) is 6.09. The van der Waals surface area contributed by atoms with Gasteiger partial charge in [0, 0.05) is 13.2 Å². The van der Waals surface area contributed by atoms with Gasteiger partial charge in [-0.1, -0.05) is 6.07 Å². The molecular formula is C13H20BN2O3. The second-order valence-electron chi connectivity index (χ2n) is 5.36. The lowest BCUT2D eigenvalue weighted by molar-refractivity contribution is -0.0893. The molecule has 1 amide bonds. The number of amides is 1. The number of carbonyl (C=O) groups is 1. The molecule has 19 heavy (non-hydrogen) atoms. The molecule has 1 heterocycles. The molecule has 1 rings (SSSR count). The second kappa shape index (κ2) is 5.71. The van der Waals surface area contributed by atoms with Crippen molar-refractivity contribution >= 4 is 18.9 Å². The van der Waals surface area contributed by atoms with Crippen molar-refractivity contribution in [3.63, 3.8) is 0 Å². The van der Waals surface area contributed by atoms with E-state index in [0.717, 1.165) is 5.46 Å². The highest BCUT2D eigenvalue weighted by molar-refractivity contribution is 6.46. The molecule has 103 valence electrons. The van der Waals surface area contributed by atoms with Gasteiger partial charge in [0.15, 0.2) is 0 Å². The summed E-state index contributed by atoms with van der Waals surface area (Å²) in [6.45, 7) is 6.98. The summed E-state index contributed by atoms with van der Waals surface area (Å²) in [6.07, 6.45) is 1.55. The van der Waals surface area contributed by atoms with Gasteiger partial charge >= 0.3 is 7.48 Å². The Morgan fingerprint density at radius 3 is 2.42 bits per heavy atom. The largest absolute Gasteiger partial charge is 0.427 e. The SMILES string of the molecule is CNC(=O)c1ccc([B]OC(C)(C)C(C)(C)O)cn1. The molecule has 0 aromatic carbocycles. The lowest BCUT2D eigenvalue weighted by atomic mass is 9.83. The summed E-state index contributed by atoms with van der Waals surface area (Å²) < 4.78 is 5.59. The van der Waals surface area contributed by atoms with Crippen LogP contribution in [0, 0.1) is 0 Å². The van der Waals surface area contributed by atoms with Gasteiger partial charge in [0.2, 0.25) is 0 Å². The van der Waals surface area contributed by atoms with Crippen LogP contribution in [0.3, 0.4) is 0 Å². The summed E-state index contributed by atoms with van der Waals surface area (Å²) in [5, 5.41) is 12.5. The van der Waals surface area contributed by atoms with Gasteiger partial charge in [0.25, 0.3) is 5.91 Å². The number of hydrogen-bond acceptors (Lipinski definition) is 4. The van der Waals surface area contributed by atoms with Crippen LogP contribution >= 0.6 is 0 Å². The summed E-state index contributed by atoms with van der Waals surface area (Å²) in [5.41, 5.74) is -0.628. The number of nitrogens with zero attached hydrogens (tertiary/aromatic N) is 1. The molecule has 6 heteroatoms. The standard InChI is InChI=1S/C13H20BN2O3/c1-12(2,18)13(3,4)19-14-9-6-7-10(16-8-9)11(17)15-5/h6-8,18H,1-5H3,(H,15,17). The van der Waals surface area contributed by atoms with Gasteiger partial charge in [0.1, 0.15) is 5.69 Å². The molecule has 0 fully saturated rings. The molecule has 1 aromatic heterocycles. The van der Waals surface area contributed by atoms with Gasteiger partial charge in [-0.3, -0.25) is 9.78 Å². The van der Waals surface area contributed by atoms with Crippen molar-refractivity contribution in [2.45, 2.75) is 38.9 Å². The zero-order valence-corrected chi connectivity index (χ0v) is 12.0. The molecule has 0 aliphatic carbocycles. The Balaban J connectivity index is 2.67. The maximum atomic E-state index is 11.3. The van der Waals surface area contributed by atoms with Gasteiger partial charge in [-0.05, 0) is 39.2 Å². The molecule has 2 N–H and O–H groups in total. The Morgan fingerprint density at radius 2 is 2.00 bits per heavy atom. The Morgan fingerprint density at radius 1 is 1.37 bits per heavy atom. The molecule has 5 nitrogen and oxygen atoms in total. The predicted molar refractivity (Wildman–Crippen MR) is 74.5 cm³/mol. The smallest absolute Gasteiger partial charge is 0.332 e. The van der Waals surface area contributed by atoms with E-state index >= 15 is 0 Å². The van der Waals surface area contributed by atoms with Crippen LogP contribution in [-0.2, 0) is 4.65 Å². The molecular weight excluding hydrogens is 243 g/mol. The fourth-order valence-electron chi connectivity index (χ4n) is 1.10. The zero-order chi connectivity index (χ0) is 14.7. The predicted octanol–water partition coefficient (Wildman–Crippen LogP) is 0.252. The minimum absolute atomic E-state index is 0.232. The molecule has 0 saturated heterocycles. The summed E-state index contributed by atoms with van der Waals surface area (Å²) in [4.78, 5) is 15.4. The van der Waals surface area contributed by atoms with Gasteiger partial charge < -0.3 is 15.1 Å². The van der Waals surface area contributed by atoms with E-state index in [4.69, 9.17) is 4.65 Å². The van der Waals surface area contributed by atoms with E-state index in [2.05, 4.69) is 10.3 Å². The molecule has 0 unspecified atom stereocenters. The van der Waals surface area contributed by atoms with Gasteiger partial charge in [-0.2, -0.15) is 0 Å². The Bertz CT molecular complexity index is 438. The van der Waals surface area contributed by atoms with Crippen molar-refractivity contribution in [2.75, 3.05) is 7.05 Å². The first-order valence-electron chi connectivity index (χ1n) is 6.09. The number of hydrogen-bond donors (Lipinski definition) is 2. The maximum absolute atomic E-state index is 11.3. The van der Waals surface area contributed by atoms with Gasteiger partial charge in [0.05, 0.1) is 11.2 Å². The van der Waals surface area contributed by atoms with Crippen LogP contribution in [-0.4, -0.2) is 41.7 Å². The van der Waals surface area contributed by atoms with Crippen LogP contribution in [0.15, 0.2) is 18.3 Å². The molecule has 0 aliphatic rings. The molecule has 1 aromatic rings. The number of rotatable bonds is 5. The van der Waals surface area contributed by atoms with Crippen LogP contribution in [0.2, 0.25) is 0 Å². The third kappa shape index (κ3) is 4.04. The quantitative estimate of drug-likeness (QED) is 0.747. The van der Waals surface area contributed by atoms with Gasteiger partial charge in [-0.25, -0.2) is 0 Å². The topological polar surface area (TPSA) is 71.5 Å². The normalized spacial score (nSPS) is 12.1.